The van der Waals surface area contributed by atoms with Gasteiger partial charge in [0.05, 0.1) is 11.1 Å². The zero-order valence-corrected chi connectivity index (χ0v) is 14.5. The van der Waals surface area contributed by atoms with E-state index in [1.807, 2.05) is 0 Å². The van der Waals surface area contributed by atoms with Crippen LogP contribution >= 0.6 is 0 Å². The minimum atomic E-state index is -0.649. The number of aldehydes is 2. The van der Waals surface area contributed by atoms with Gasteiger partial charge < -0.3 is 9.47 Å². The van der Waals surface area contributed by atoms with Crippen molar-refractivity contribution in [3.05, 3.63) is 95.1 Å². The molecule has 0 saturated carbocycles. The van der Waals surface area contributed by atoms with Gasteiger partial charge in [-0.2, -0.15) is 0 Å². The molecule has 28 heavy (non-hydrogen) atoms. The number of hydrogen-bond acceptors (Lipinski definition) is 6. The summed E-state index contributed by atoms with van der Waals surface area (Å²) < 4.78 is 10.5. The van der Waals surface area contributed by atoms with Crippen molar-refractivity contribution in [2.45, 2.75) is 0 Å². The van der Waals surface area contributed by atoms with Gasteiger partial charge in [0.1, 0.15) is 24.1 Å². The van der Waals surface area contributed by atoms with E-state index in [0.29, 0.717) is 23.7 Å². The number of benzene rings is 3. The second-order valence-corrected chi connectivity index (χ2v) is 5.73. The number of hydrogen-bond donors (Lipinski definition) is 0. The Hall–Kier alpha value is -4.06. The maximum absolute atomic E-state index is 12.3. The van der Waals surface area contributed by atoms with E-state index < -0.39 is 11.9 Å². The zero-order chi connectivity index (χ0) is 19.9. The van der Waals surface area contributed by atoms with E-state index in [1.165, 1.54) is 72.8 Å². The van der Waals surface area contributed by atoms with Crippen molar-refractivity contribution in [2.24, 2.45) is 0 Å². The number of ether oxygens (including phenoxy) is 2. The van der Waals surface area contributed by atoms with Gasteiger partial charge >= 0.3 is 11.9 Å². The number of rotatable bonds is 6. The van der Waals surface area contributed by atoms with Gasteiger partial charge in [-0.1, -0.05) is 6.07 Å². The average Bonchev–Trinajstić information content (AvgIpc) is 2.75. The predicted octanol–water partition coefficient (Wildman–Crippen LogP) is 3.75. The van der Waals surface area contributed by atoms with Crippen LogP contribution in [0.25, 0.3) is 0 Å². The summed E-state index contributed by atoms with van der Waals surface area (Å²) in [6, 6.07) is 18.0. The Morgan fingerprint density at radius 1 is 0.607 bits per heavy atom. The minimum Gasteiger partial charge on any atom is -0.423 e. The van der Waals surface area contributed by atoms with Crippen LogP contribution in [-0.4, -0.2) is 24.5 Å². The molecular weight excluding hydrogens is 360 g/mol. The Morgan fingerprint density at radius 3 is 1.36 bits per heavy atom. The van der Waals surface area contributed by atoms with Gasteiger partial charge in [0.2, 0.25) is 0 Å². The summed E-state index contributed by atoms with van der Waals surface area (Å²) in [4.78, 5) is 45.9. The average molecular weight is 374 g/mol. The zero-order valence-electron chi connectivity index (χ0n) is 14.5. The largest absolute Gasteiger partial charge is 0.423 e. The molecule has 0 bridgehead atoms. The Labute approximate surface area is 160 Å². The van der Waals surface area contributed by atoms with Gasteiger partial charge in [0.25, 0.3) is 0 Å². The molecule has 0 heterocycles. The van der Waals surface area contributed by atoms with Crippen molar-refractivity contribution >= 4 is 24.5 Å². The summed E-state index contributed by atoms with van der Waals surface area (Å²) in [5.74, 6) is -0.745. The fourth-order valence-electron chi connectivity index (χ4n) is 2.33. The van der Waals surface area contributed by atoms with Crippen molar-refractivity contribution in [1.29, 1.82) is 0 Å². The highest BCUT2D eigenvalue weighted by molar-refractivity contribution is 5.96. The summed E-state index contributed by atoms with van der Waals surface area (Å²) in [5.41, 5.74) is 1.27. The first-order valence-electron chi connectivity index (χ1n) is 8.24. The van der Waals surface area contributed by atoms with Crippen LogP contribution < -0.4 is 9.47 Å². The molecule has 0 amide bonds. The van der Waals surface area contributed by atoms with E-state index in [-0.39, 0.29) is 22.6 Å². The maximum atomic E-state index is 12.3. The molecule has 0 N–H and O–H groups in total. The lowest BCUT2D eigenvalue weighted by atomic mass is 10.1. The second-order valence-electron chi connectivity index (χ2n) is 5.73. The fraction of sp³-hybridized carbons (Fsp3) is 0. The molecule has 3 rings (SSSR count). The third kappa shape index (κ3) is 4.56. The molecule has 0 aliphatic carbocycles. The Bertz CT molecular complexity index is 939. The monoisotopic (exact) mass is 374 g/mol. The van der Waals surface area contributed by atoms with Crippen molar-refractivity contribution in [2.75, 3.05) is 0 Å². The Kier molecular flexibility index (Phi) is 5.72. The normalized spacial score (nSPS) is 10.0. The third-order valence-corrected chi connectivity index (χ3v) is 3.79. The van der Waals surface area contributed by atoms with E-state index in [9.17, 15) is 19.2 Å². The van der Waals surface area contributed by atoms with Crippen LogP contribution in [0.2, 0.25) is 0 Å². The first-order chi connectivity index (χ1) is 13.6. The number of carbonyl (C=O) groups is 4. The first-order valence-corrected chi connectivity index (χ1v) is 8.24. The summed E-state index contributed by atoms with van der Waals surface area (Å²) >= 11 is 0. The topological polar surface area (TPSA) is 86.7 Å². The van der Waals surface area contributed by atoms with Crippen molar-refractivity contribution in [3.8, 4) is 11.5 Å². The van der Waals surface area contributed by atoms with Gasteiger partial charge in [0, 0.05) is 11.1 Å². The van der Waals surface area contributed by atoms with Gasteiger partial charge in [0.15, 0.2) is 0 Å². The van der Waals surface area contributed by atoms with E-state index in [4.69, 9.17) is 9.47 Å². The van der Waals surface area contributed by atoms with Crippen LogP contribution in [0.15, 0.2) is 72.8 Å². The standard InChI is InChI=1S/C22H14O6/c23-13-15-4-8-19(9-5-15)27-21(25)17-2-1-3-18(12-17)22(26)28-20-10-6-16(14-24)7-11-20/h1-14H. The smallest absolute Gasteiger partial charge is 0.343 e. The fourth-order valence-corrected chi connectivity index (χ4v) is 2.33. The van der Waals surface area contributed by atoms with Gasteiger partial charge in [-0.05, 0) is 66.7 Å². The molecular formula is C22H14O6. The van der Waals surface area contributed by atoms with Gasteiger partial charge in [-0.3, -0.25) is 9.59 Å². The van der Waals surface area contributed by atoms with E-state index >= 15 is 0 Å². The van der Waals surface area contributed by atoms with Crippen LogP contribution in [0.4, 0.5) is 0 Å². The lowest BCUT2D eigenvalue weighted by Crippen LogP contribution is -2.12. The molecule has 0 spiro atoms. The van der Waals surface area contributed by atoms with Gasteiger partial charge in [-0.15, -0.1) is 0 Å². The van der Waals surface area contributed by atoms with Crippen LogP contribution in [-0.2, 0) is 0 Å². The SMILES string of the molecule is O=Cc1ccc(OC(=O)c2cccc(C(=O)Oc3ccc(C=O)cc3)c2)cc1. The van der Waals surface area contributed by atoms with Crippen LogP contribution in [0, 0.1) is 0 Å². The lowest BCUT2D eigenvalue weighted by Gasteiger charge is -2.07. The van der Waals surface area contributed by atoms with Crippen LogP contribution in [0.1, 0.15) is 41.4 Å². The molecule has 6 nitrogen and oxygen atoms in total. The van der Waals surface area contributed by atoms with E-state index in [0.717, 1.165) is 0 Å². The molecule has 0 radical (unpaired) electrons. The Balaban J connectivity index is 1.70. The third-order valence-electron chi connectivity index (χ3n) is 3.79. The second kappa shape index (κ2) is 8.55. The van der Waals surface area contributed by atoms with E-state index in [1.54, 1.807) is 0 Å². The highest BCUT2D eigenvalue weighted by atomic mass is 16.5. The van der Waals surface area contributed by atoms with Gasteiger partial charge in [-0.25, -0.2) is 9.59 Å². The highest BCUT2D eigenvalue weighted by Gasteiger charge is 2.14. The van der Waals surface area contributed by atoms with Crippen molar-refractivity contribution in [1.82, 2.24) is 0 Å². The quantitative estimate of drug-likeness (QED) is 0.371. The van der Waals surface area contributed by atoms with Crippen molar-refractivity contribution < 1.29 is 28.7 Å². The van der Waals surface area contributed by atoms with Crippen molar-refractivity contribution in [3.63, 3.8) is 0 Å². The van der Waals surface area contributed by atoms with Crippen LogP contribution in [0.3, 0.4) is 0 Å². The van der Waals surface area contributed by atoms with Crippen LogP contribution in [0.5, 0.6) is 11.5 Å². The molecule has 0 aliphatic heterocycles. The molecule has 6 heteroatoms. The molecule has 0 aromatic heterocycles. The summed E-state index contributed by atoms with van der Waals surface area (Å²) in [6.45, 7) is 0. The first kappa shape index (κ1) is 18.7. The highest BCUT2D eigenvalue weighted by Crippen LogP contribution is 2.17. The van der Waals surface area contributed by atoms with E-state index in [2.05, 4.69) is 0 Å². The molecule has 0 saturated heterocycles. The summed E-state index contributed by atoms with van der Waals surface area (Å²) in [5, 5.41) is 0. The molecule has 0 fully saturated rings. The molecule has 138 valence electrons. The summed E-state index contributed by atoms with van der Waals surface area (Å²) in [7, 11) is 0. The Morgan fingerprint density at radius 2 is 1.00 bits per heavy atom. The number of carbonyl (C=O) groups excluding carboxylic acids is 4. The molecule has 3 aromatic rings. The molecule has 0 atom stereocenters. The summed E-state index contributed by atoms with van der Waals surface area (Å²) in [6.07, 6.45) is 1.38. The molecule has 0 aliphatic rings. The molecule has 3 aromatic carbocycles. The molecule has 0 unspecified atom stereocenters. The number of esters is 2. The predicted molar refractivity (Wildman–Crippen MR) is 100 cm³/mol. The lowest BCUT2D eigenvalue weighted by molar-refractivity contribution is 0.0734. The minimum absolute atomic E-state index is 0.171. The maximum Gasteiger partial charge on any atom is 0.343 e.